The van der Waals surface area contributed by atoms with E-state index in [1.807, 2.05) is 36.5 Å². The normalized spacial score (nSPS) is 31.2. The summed E-state index contributed by atoms with van der Waals surface area (Å²) in [6, 6.07) is 3.42. The van der Waals surface area contributed by atoms with Crippen molar-refractivity contribution in [3.63, 3.8) is 0 Å². The number of halogens is 3. The average molecular weight is 894 g/mol. The highest BCUT2D eigenvalue weighted by atomic mass is 32.2. The maximum atomic E-state index is 14.8. The third-order valence-electron chi connectivity index (χ3n) is 13.4. The molecular formula is C45H50F3N5O9S. The highest BCUT2D eigenvalue weighted by Crippen LogP contribution is 2.49. The van der Waals surface area contributed by atoms with Gasteiger partial charge < -0.3 is 24.8 Å². The first-order valence-corrected chi connectivity index (χ1v) is 23.6. The maximum absolute atomic E-state index is 14.8. The number of ketones is 1. The van der Waals surface area contributed by atoms with Crippen LogP contribution in [0.15, 0.2) is 60.7 Å². The van der Waals surface area contributed by atoms with Crippen molar-refractivity contribution >= 4 is 33.7 Å². The molecule has 2 aromatic rings. The maximum Gasteiger partial charge on any atom is 0.416 e. The van der Waals surface area contributed by atoms with Gasteiger partial charge in [0.25, 0.3) is 11.8 Å². The lowest BCUT2D eigenvalue weighted by atomic mass is 9.86. The first-order valence-electron chi connectivity index (χ1n) is 22.0. The molecular weight excluding hydrogens is 844 g/mol. The Balaban J connectivity index is 1.04. The molecule has 7 aliphatic rings. The fraction of sp³-hybridized carbons (Fsp3) is 0.556. The number of carbonyl (C=O) groups excluding carboxylic acids is 4. The van der Waals surface area contributed by atoms with Crippen molar-refractivity contribution < 1.29 is 55.0 Å². The zero-order valence-electron chi connectivity index (χ0n) is 34.5. The number of rotatable bonds is 8. The molecule has 14 nitrogen and oxygen atoms in total. The number of hydrogen-bond acceptors (Lipinski definition) is 11. The number of nitrogens with one attached hydrogen (secondary N) is 3. The fourth-order valence-corrected chi connectivity index (χ4v) is 11.0. The third-order valence-corrected chi connectivity index (χ3v) is 15.2. The molecule has 4 fully saturated rings. The molecule has 3 N–H and O–H groups in total. The van der Waals surface area contributed by atoms with Crippen molar-refractivity contribution in [3.05, 3.63) is 72.0 Å². The monoisotopic (exact) mass is 893 g/mol. The first kappa shape index (κ1) is 43.0. The van der Waals surface area contributed by atoms with E-state index in [9.17, 15) is 40.8 Å². The number of benzene rings is 1. The number of nitrogens with zero attached hydrogens (tertiary/aromatic N) is 2. The Bertz CT molecular complexity index is 2340. The molecule has 1 aromatic heterocycles. The predicted molar refractivity (Wildman–Crippen MR) is 220 cm³/mol. The van der Waals surface area contributed by atoms with Gasteiger partial charge in [0.15, 0.2) is 11.6 Å². The number of sulfonamides is 1. The Labute approximate surface area is 362 Å². The van der Waals surface area contributed by atoms with E-state index in [1.165, 1.54) is 12.1 Å². The molecule has 1 aromatic carbocycles. The zero-order chi connectivity index (χ0) is 44.1. The summed E-state index contributed by atoms with van der Waals surface area (Å²) in [5.41, 5.74) is -1.67. The van der Waals surface area contributed by atoms with Crippen LogP contribution in [0, 0.1) is 17.8 Å². The van der Waals surface area contributed by atoms with Crippen molar-refractivity contribution in [2.75, 3.05) is 0 Å². The molecule has 8 atom stereocenters. The van der Waals surface area contributed by atoms with Crippen LogP contribution in [-0.4, -0.2) is 77.2 Å². The highest BCUT2D eigenvalue weighted by Gasteiger charge is 2.62. The first-order chi connectivity index (χ1) is 30.2. The van der Waals surface area contributed by atoms with Gasteiger partial charge in [-0.15, -0.1) is 0 Å². The van der Waals surface area contributed by atoms with Crippen molar-refractivity contribution in [1.82, 2.24) is 25.3 Å². The van der Waals surface area contributed by atoms with Gasteiger partial charge in [-0.3, -0.25) is 19.1 Å². The molecule has 9 rings (SSSR count). The Morgan fingerprint density at radius 1 is 0.873 bits per heavy atom. The standard InChI is InChI=1S/C45H50F3N5O9S/c46-45(47,48)26-18-16-25(17-19-26)39-50-36-31-13-8-9-15-35(31)62-38(36)41(51-39)60-29-22-32-33(23-29)40(55)52-44(42(56)53-63(58,59)30-20-21-30)24-27(44)10-4-2-1-3-5-14-34(37(32)54)49-43(57)61-28-11-6-7-12-28/h4,8-10,13,15-19,27-35H,1-3,5-7,11-12,14,20-24H2,(H,49,57)(H,52,55)(H,53,56)/b10-4-/t27-,29+,31?,32?,33-,34+,35?,44-/m1/s1. The molecule has 4 saturated carbocycles. The Morgan fingerprint density at radius 2 is 1.60 bits per heavy atom. The topological polar surface area (TPSA) is 192 Å². The van der Waals surface area contributed by atoms with Gasteiger partial charge in [-0.25, -0.2) is 18.2 Å². The van der Waals surface area contributed by atoms with Crippen LogP contribution in [0.5, 0.6) is 11.6 Å². The van der Waals surface area contributed by atoms with Crippen LogP contribution >= 0.6 is 0 Å². The van der Waals surface area contributed by atoms with Crippen molar-refractivity contribution in [2.24, 2.45) is 17.8 Å². The number of ether oxygens (including phenoxy) is 3. The largest absolute Gasteiger partial charge is 0.478 e. The molecule has 18 heteroatoms. The molecule has 3 heterocycles. The quantitative estimate of drug-likeness (QED) is 0.245. The summed E-state index contributed by atoms with van der Waals surface area (Å²) in [6.07, 6.45) is 11.6. The second-order valence-electron chi connectivity index (χ2n) is 17.9. The van der Waals surface area contributed by atoms with Crippen LogP contribution in [0.4, 0.5) is 18.0 Å². The summed E-state index contributed by atoms with van der Waals surface area (Å²) in [5, 5.41) is 5.03. The molecule has 0 bridgehead atoms. The molecule has 0 spiro atoms. The number of alkyl halides is 3. The van der Waals surface area contributed by atoms with Crippen LogP contribution in [0.3, 0.4) is 0 Å². The van der Waals surface area contributed by atoms with Gasteiger partial charge in [-0.05, 0) is 95.3 Å². The van der Waals surface area contributed by atoms with E-state index in [0.717, 1.165) is 50.7 Å². The summed E-state index contributed by atoms with van der Waals surface area (Å²) >= 11 is 0. The lowest BCUT2D eigenvalue weighted by molar-refractivity contribution is -0.137. The van der Waals surface area contributed by atoms with Gasteiger partial charge in [-0.2, -0.15) is 18.2 Å². The van der Waals surface area contributed by atoms with Crippen LogP contribution in [0.25, 0.3) is 11.4 Å². The number of allylic oxidation sites excluding steroid dienone is 3. The number of Topliss-reactive ketones (excluding diaryl/α,β-unsaturated/α-hetero) is 1. The van der Waals surface area contributed by atoms with Crippen molar-refractivity contribution in [3.8, 4) is 23.0 Å². The molecule has 63 heavy (non-hydrogen) atoms. The third kappa shape index (κ3) is 9.09. The summed E-state index contributed by atoms with van der Waals surface area (Å²) in [7, 11) is -3.96. The number of alkyl carbamates (subject to hydrolysis) is 1. The second kappa shape index (κ2) is 17.0. The van der Waals surface area contributed by atoms with Crippen molar-refractivity contribution in [1.29, 1.82) is 0 Å². The zero-order valence-corrected chi connectivity index (χ0v) is 35.3. The minimum Gasteiger partial charge on any atom is -0.478 e. The number of amides is 3. The molecule has 0 saturated heterocycles. The number of carbonyl (C=O) groups is 4. The fourth-order valence-electron chi connectivity index (χ4n) is 9.63. The molecule has 0 radical (unpaired) electrons. The smallest absolute Gasteiger partial charge is 0.416 e. The lowest BCUT2D eigenvalue weighted by Crippen LogP contribution is -2.54. The van der Waals surface area contributed by atoms with E-state index in [1.54, 1.807) is 0 Å². The molecule has 3 amide bonds. The predicted octanol–water partition coefficient (Wildman–Crippen LogP) is 6.52. The molecule has 336 valence electrons. The van der Waals surface area contributed by atoms with Crippen molar-refractivity contribution in [2.45, 2.75) is 137 Å². The van der Waals surface area contributed by atoms with E-state index >= 15 is 0 Å². The van der Waals surface area contributed by atoms with E-state index in [0.29, 0.717) is 37.8 Å². The van der Waals surface area contributed by atoms with Gasteiger partial charge >= 0.3 is 12.3 Å². The second-order valence-corrected chi connectivity index (χ2v) is 19.8. The van der Waals surface area contributed by atoms with Crippen LogP contribution in [0.2, 0.25) is 0 Å². The van der Waals surface area contributed by atoms with E-state index in [4.69, 9.17) is 19.2 Å². The van der Waals surface area contributed by atoms with Crippen LogP contribution < -0.4 is 24.8 Å². The van der Waals surface area contributed by atoms with Gasteiger partial charge in [0.05, 0.1) is 28.7 Å². The Hall–Kier alpha value is -5.26. The number of aromatic nitrogens is 2. The van der Waals surface area contributed by atoms with Gasteiger partial charge in [0.2, 0.25) is 21.7 Å². The average Bonchev–Trinajstić information content (AvgIpc) is 4.06. The summed E-state index contributed by atoms with van der Waals surface area (Å²) in [5.74, 6) is -4.56. The minimum atomic E-state index is -4.56. The van der Waals surface area contributed by atoms with E-state index in [-0.39, 0.29) is 54.3 Å². The van der Waals surface area contributed by atoms with Crippen LogP contribution in [-0.2, 0) is 35.3 Å². The Morgan fingerprint density at radius 3 is 2.35 bits per heavy atom. The number of hydrogen-bond donors (Lipinski definition) is 3. The summed E-state index contributed by atoms with van der Waals surface area (Å²) in [6.45, 7) is 0. The lowest BCUT2D eigenvalue weighted by Gasteiger charge is -2.26. The van der Waals surface area contributed by atoms with Gasteiger partial charge in [0.1, 0.15) is 29.5 Å². The Kier molecular flexibility index (Phi) is 11.6. The highest BCUT2D eigenvalue weighted by molar-refractivity contribution is 7.91. The molecule has 3 unspecified atom stereocenters. The van der Waals surface area contributed by atoms with Gasteiger partial charge in [0, 0.05) is 17.4 Å². The SMILES string of the molecule is O=C(N[C@H]1CCCCC/C=C\[C@@H]2C[C@@]2(C(=O)NS(=O)(=O)C2CC2)NC(=O)[C@@H]2C[C@@H](Oc3nc(-c4ccc(C(F)(F)F)cc4)nc4c3OC3C=CC=CC43)CC2C1=O)OC1CCCC1. The molecule has 2 aliphatic heterocycles. The van der Waals surface area contributed by atoms with Crippen LogP contribution in [0.1, 0.15) is 107 Å². The number of fused-ring (bicyclic) bond motifs is 5. The summed E-state index contributed by atoms with van der Waals surface area (Å²) in [4.78, 5) is 66.0. The summed E-state index contributed by atoms with van der Waals surface area (Å²) < 4.78 is 87.2. The van der Waals surface area contributed by atoms with E-state index < -0.39 is 92.2 Å². The van der Waals surface area contributed by atoms with E-state index in [2.05, 4.69) is 20.3 Å². The molecule has 5 aliphatic carbocycles. The van der Waals surface area contributed by atoms with Gasteiger partial charge in [-0.1, -0.05) is 55.4 Å². The minimum absolute atomic E-state index is 0.00753.